The van der Waals surface area contributed by atoms with Crippen molar-refractivity contribution in [2.75, 3.05) is 0 Å². The van der Waals surface area contributed by atoms with Crippen LogP contribution < -0.4 is 5.32 Å². The van der Waals surface area contributed by atoms with Gasteiger partial charge in [0.25, 0.3) is 5.91 Å². The number of aromatic nitrogens is 1. The van der Waals surface area contributed by atoms with Crippen molar-refractivity contribution in [3.63, 3.8) is 0 Å². The third-order valence-electron chi connectivity index (χ3n) is 3.30. The molecule has 19 heavy (non-hydrogen) atoms. The topological polar surface area (TPSA) is 42.0 Å². The number of hydrogen-bond donors (Lipinski definition) is 1. The summed E-state index contributed by atoms with van der Waals surface area (Å²) in [4.78, 5) is 16.1. The van der Waals surface area contributed by atoms with E-state index in [2.05, 4.69) is 38.4 Å². The van der Waals surface area contributed by atoms with Gasteiger partial charge in [0.05, 0.1) is 5.56 Å². The minimum Gasteiger partial charge on any atom is -0.349 e. The third kappa shape index (κ3) is 2.84. The van der Waals surface area contributed by atoms with Gasteiger partial charge >= 0.3 is 0 Å². The van der Waals surface area contributed by atoms with Crippen LogP contribution >= 0.6 is 15.9 Å². The van der Waals surface area contributed by atoms with E-state index in [0.29, 0.717) is 11.5 Å². The Bertz CT molecular complexity index is 600. The molecular weight excluding hydrogens is 304 g/mol. The van der Waals surface area contributed by atoms with E-state index in [1.165, 1.54) is 5.56 Å². The van der Waals surface area contributed by atoms with E-state index in [-0.39, 0.29) is 11.9 Å². The second-order valence-electron chi connectivity index (χ2n) is 4.72. The normalized spacial score (nSPS) is 20.9. The molecule has 0 aliphatic heterocycles. The largest absolute Gasteiger partial charge is 0.349 e. The van der Waals surface area contributed by atoms with Gasteiger partial charge in [-0.25, -0.2) is 0 Å². The molecule has 1 saturated carbocycles. The Morgan fingerprint density at radius 1 is 1.26 bits per heavy atom. The van der Waals surface area contributed by atoms with Crippen LogP contribution in [0.2, 0.25) is 0 Å². The first-order chi connectivity index (χ1) is 9.24. The summed E-state index contributed by atoms with van der Waals surface area (Å²) in [5.41, 5.74) is 1.88. The Balaban J connectivity index is 1.64. The molecule has 2 unspecified atom stereocenters. The van der Waals surface area contributed by atoms with Crippen LogP contribution in [-0.2, 0) is 0 Å². The van der Waals surface area contributed by atoms with Crippen molar-refractivity contribution in [1.29, 1.82) is 0 Å². The van der Waals surface area contributed by atoms with Gasteiger partial charge in [-0.3, -0.25) is 9.78 Å². The lowest BCUT2D eigenvalue weighted by molar-refractivity contribution is 0.0950. The molecule has 0 bridgehead atoms. The van der Waals surface area contributed by atoms with E-state index in [9.17, 15) is 4.79 Å². The smallest absolute Gasteiger partial charge is 0.253 e. The van der Waals surface area contributed by atoms with Crippen molar-refractivity contribution in [3.05, 3.63) is 64.4 Å². The van der Waals surface area contributed by atoms with E-state index >= 15 is 0 Å². The molecule has 1 fully saturated rings. The Kier molecular flexibility index (Phi) is 3.34. The van der Waals surface area contributed by atoms with Crippen LogP contribution in [0.1, 0.15) is 28.3 Å². The minimum absolute atomic E-state index is 0.0581. The molecule has 1 heterocycles. The number of benzene rings is 1. The van der Waals surface area contributed by atoms with Crippen molar-refractivity contribution >= 4 is 21.8 Å². The Morgan fingerprint density at radius 3 is 2.79 bits per heavy atom. The standard InChI is InChI=1S/C15H13BrN2O/c16-12-6-11(8-17-9-12)15(19)18-14-7-13(14)10-4-2-1-3-5-10/h1-6,8-9,13-14H,7H2,(H,18,19). The van der Waals surface area contributed by atoms with E-state index in [0.717, 1.165) is 10.9 Å². The first kappa shape index (κ1) is 12.4. The summed E-state index contributed by atoms with van der Waals surface area (Å²) in [5.74, 6) is 0.391. The first-order valence-electron chi connectivity index (χ1n) is 6.20. The highest BCUT2D eigenvalue weighted by Crippen LogP contribution is 2.40. The summed E-state index contributed by atoms with van der Waals surface area (Å²) in [6.07, 6.45) is 4.26. The Hall–Kier alpha value is -1.68. The number of pyridine rings is 1. The van der Waals surface area contributed by atoms with Crippen LogP contribution in [-0.4, -0.2) is 16.9 Å². The van der Waals surface area contributed by atoms with Gasteiger partial charge in [-0.15, -0.1) is 0 Å². The van der Waals surface area contributed by atoms with E-state index in [1.54, 1.807) is 18.5 Å². The summed E-state index contributed by atoms with van der Waals surface area (Å²) in [5, 5.41) is 3.05. The molecule has 0 radical (unpaired) electrons. The molecule has 1 amide bonds. The lowest BCUT2D eigenvalue weighted by Gasteiger charge is -2.05. The SMILES string of the molecule is O=C(NC1CC1c1ccccc1)c1cncc(Br)c1. The highest BCUT2D eigenvalue weighted by Gasteiger charge is 2.39. The van der Waals surface area contributed by atoms with Crippen molar-refractivity contribution in [1.82, 2.24) is 10.3 Å². The molecule has 0 spiro atoms. The van der Waals surface area contributed by atoms with Gasteiger partial charge < -0.3 is 5.32 Å². The van der Waals surface area contributed by atoms with Crippen LogP contribution in [0.15, 0.2) is 53.3 Å². The van der Waals surface area contributed by atoms with Crippen LogP contribution in [0.25, 0.3) is 0 Å². The quantitative estimate of drug-likeness (QED) is 0.945. The van der Waals surface area contributed by atoms with Crippen LogP contribution in [0.3, 0.4) is 0 Å². The maximum absolute atomic E-state index is 12.1. The predicted molar refractivity (Wildman–Crippen MR) is 77.0 cm³/mol. The molecule has 1 aromatic heterocycles. The highest BCUT2D eigenvalue weighted by atomic mass is 79.9. The highest BCUT2D eigenvalue weighted by molar-refractivity contribution is 9.10. The van der Waals surface area contributed by atoms with Crippen LogP contribution in [0.4, 0.5) is 0 Å². The third-order valence-corrected chi connectivity index (χ3v) is 3.74. The lowest BCUT2D eigenvalue weighted by atomic mass is 10.1. The Morgan fingerprint density at radius 2 is 2.05 bits per heavy atom. The van der Waals surface area contributed by atoms with E-state index in [4.69, 9.17) is 0 Å². The van der Waals surface area contributed by atoms with Crippen LogP contribution in [0, 0.1) is 0 Å². The van der Waals surface area contributed by atoms with Gasteiger partial charge in [-0.05, 0) is 34.0 Å². The zero-order valence-electron chi connectivity index (χ0n) is 10.2. The van der Waals surface area contributed by atoms with Crippen molar-refractivity contribution in [3.8, 4) is 0 Å². The van der Waals surface area contributed by atoms with Gasteiger partial charge in [-0.2, -0.15) is 0 Å². The van der Waals surface area contributed by atoms with Gasteiger partial charge in [0.1, 0.15) is 0 Å². The van der Waals surface area contributed by atoms with Crippen molar-refractivity contribution in [2.45, 2.75) is 18.4 Å². The number of carbonyl (C=O) groups excluding carboxylic acids is 1. The fraction of sp³-hybridized carbons (Fsp3) is 0.200. The number of hydrogen-bond acceptors (Lipinski definition) is 2. The molecule has 1 aliphatic rings. The fourth-order valence-electron chi connectivity index (χ4n) is 2.21. The number of carbonyl (C=O) groups is 1. The van der Waals surface area contributed by atoms with Gasteiger partial charge in [0.2, 0.25) is 0 Å². The molecule has 3 nitrogen and oxygen atoms in total. The molecule has 2 aromatic rings. The van der Waals surface area contributed by atoms with E-state index < -0.39 is 0 Å². The molecule has 1 N–H and O–H groups in total. The second kappa shape index (κ2) is 5.13. The molecule has 3 rings (SSSR count). The average Bonchev–Trinajstić information content (AvgIpc) is 3.19. The van der Waals surface area contributed by atoms with Gasteiger partial charge in [0, 0.05) is 28.8 Å². The first-order valence-corrected chi connectivity index (χ1v) is 7.00. The number of amides is 1. The molecule has 0 saturated heterocycles. The maximum Gasteiger partial charge on any atom is 0.253 e. The van der Waals surface area contributed by atoms with Gasteiger partial charge in [0.15, 0.2) is 0 Å². The summed E-state index contributed by atoms with van der Waals surface area (Å²) in [6.45, 7) is 0. The zero-order valence-corrected chi connectivity index (χ0v) is 11.8. The number of nitrogens with zero attached hydrogens (tertiary/aromatic N) is 1. The van der Waals surface area contributed by atoms with Crippen molar-refractivity contribution < 1.29 is 4.79 Å². The Labute approximate surface area is 120 Å². The predicted octanol–water partition coefficient (Wildman–Crippen LogP) is 3.13. The molecule has 4 heteroatoms. The average molecular weight is 317 g/mol. The maximum atomic E-state index is 12.1. The molecular formula is C15H13BrN2O. The van der Waals surface area contributed by atoms with Gasteiger partial charge in [-0.1, -0.05) is 30.3 Å². The molecule has 1 aliphatic carbocycles. The fourth-order valence-corrected chi connectivity index (χ4v) is 2.58. The van der Waals surface area contributed by atoms with Crippen molar-refractivity contribution in [2.24, 2.45) is 0 Å². The summed E-state index contributed by atoms with van der Waals surface area (Å²) in [7, 11) is 0. The number of rotatable bonds is 3. The number of nitrogens with one attached hydrogen (secondary N) is 1. The van der Waals surface area contributed by atoms with Crippen LogP contribution in [0.5, 0.6) is 0 Å². The minimum atomic E-state index is -0.0581. The lowest BCUT2D eigenvalue weighted by Crippen LogP contribution is -2.26. The number of halogens is 1. The second-order valence-corrected chi connectivity index (χ2v) is 5.64. The molecule has 1 aromatic carbocycles. The summed E-state index contributed by atoms with van der Waals surface area (Å²) < 4.78 is 0.815. The molecule has 2 atom stereocenters. The molecule has 96 valence electrons. The monoisotopic (exact) mass is 316 g/mol. The summed E-state index contributed by atoms with van der Waals surface area (Å²) >= 11 is 3.32. The zero-order chi connectivity index (χ0) is 13.2. The van der Waals surface area contributed by atoms with E-state index in [1.807, 2.05) is 18.2 Å². The summed E-state index contributed by atoms with van der Waals surface area (Å²) in [6, 6.07) is 12.3.